The third kappa shape index (κ3) is 3.08. The Bertz CT molecular complexity index is 479. The maximum atomic E-state index is 12.0. The Morgan fingerprint density at radius 3 is 2.56 bits per heavy atom. The van der Waals surface area contributed by atoms with Crippen LogP contribution >= 0.6 is 0 Å². The highest BCUT2D eigenvalue weighted by Gasteiger charge is 2.20. The van der Waals surface area contributed by atoms with E-state index in [4.69, 9.17) is 5.11 Å². The van der Waals surface area contributed by atoms with Gasteiger partial charge < -0.3 is 10.2 Å². The lowest BCUT2D eigenvalue weighted by molar-refractivity contribution is 0.0934. The largest absolute Gasteiger partial charge is 0.508 e. The SMILES string of the molecule is O=C(CN1CCS(=O)CC1)c1ccc(O)cc1O. The number of carbonyl (C=O) groups is 1. The molecule has 1 aromatic carbocycles. The summed E-state index contributed by atoms with van der Waals surface area (Å²) in [5.74, 6) is 0.710. The number of aromatic hydroxyl groups is 2. The van der Waals surface area contributed by atoms with Crippen molar-refractivity contribution in [1.29, 1.82) is 0 Å². The van der Waals surface area contributed by atoms with Crippen LogP contribution in [-0.4, -0.2) is 56.2 Å². The van der Waals surface area contributed by atoms with E-state index >= 15 is 0 Å². The summed E-state index contributed by atoms with van der Waals surface area (Å²) in [6.45, 7) is 1.48. The molecule has 1 heterocycles. The Hall–Kier alpha value is -1.40. The highest BCUT2D eigenvalue weighted by atomic mass is 32.2. The fourth-order valence-electron chi connectivity index (χ4n) is 1.88. The van der Waals surface area contributed by atoms with Gasteiger partial charge in [-0.25, -0.2) is 0 Å². The Morgan fingerprint density at radius 2 is 1.94 bits per heavy atom. The van der Waals surface area contributed by atoms with Crippen molar-refractivity contribution < 1.29 is 19.2 Å². The van der Waals surface area contributed by atoms with Crippen molar-refractivity contribution in [3.63, 3.8) is 0 Å². The van der Waals surface area contributed by atoms with Gasteiger partial charge in [-0.1, -0.05) is 0 Å². The topological polar surface area (TPSA) is 77.8 Å². The number of hydrogen-bond donors (Lipinski definition) is 2. The molecule has 1 saturated heterocycles. The zero-order chi connectivity index (χ0) is 13.1. The van der Waals surface area contributed by atoms with E-state index in [0.717, 1.165) is 6.07 Å². The van der Waals surface area contributed by atoms with Gasteiger partial charge >= 0.3 is 0 Å². The van der Waals surface area contributed by atoms with E-state index in [1.807, 2.05) is 4.90 Å². The van der Waals surface area contributed by atoms with Crippen molar-refractivity contribution in [2.75, 3.05) is 31.1 Å². The second-order valence-electron chi connectivity index (χ2n) is 4.25. The highest BCUT2D eigenvalue weighted by Crippen LogP contribution is 2.23. The van der Waals surface area contributed by atoms with Gasteiger partial charge in [-0.15, -0.1) is 0 Å². The minimum Gasteiger partial charge on any atom is -0.508 e. The number of rotatable bonds is 3. The van der Waals surface area contributed by atoms with Gasteiger partial charge in [0.25, 0.3) is 0 Å². The summed E-state index contributed by atoms with van der Waals surface area (Å²) < 4.78 is 11.2. The standard InChI is InChI=1S/C12H15NO4S/c14-9-1-2-10(11(15)7-9)12(16)8-13-3-5-18(17)6-4-13/h1-2,7,14-15H,3-6,8H2. The van der Waals surface area contributed by atoms with Crippen LogP contribution in [0.25, 0.3) is 0 Å². The van der Waals surface area contributed by atoms with Crippen molar-refractivity contribution in [2.45, 2.75) is 0 Å². The maximum absolute atomic E-state index is 12.0. The van der Waals surface area contributed by atoms with Gasteiger partial charge in [0.2, 0.25) is 0 Å². The summed E-state index contributed by atoms with van der Waals surface area (Å²) in [4.78, 5) is 13.9. The van der Waals surface area contributed by atoms with E-state index in [9.17, 15) is 14.1 Å². The molecule has 5 nitrogen and oxygen atoms in total. The molecule has 2 rings (SSSR count). The Balaban J connectivity index is 2.01. The first-order chi connectivity index (χ1) is 8.56. The zero-order valence-corrected chi connectivity index (χ0v) is 10.7. The molecule has 1 aromatic rings. The van der Waals surface area contributed by atoms with E-state index in [0.29, 0.717) is 24.6 Å². The smallest absolute Gasteiger partial charge is 0.180 e. The summed E-state index contributed by atoms with van der Waals surface area (Å²) in [6.07, 6.45) is 0. The van der Waals surface area contributed by atoms with Crippen molar-refractivity contribution in [2.24, 2.45) is 0 Å². The third-order valence-electron chi connectivity index (χ3n) is 2.92. The summed E-state index contributed by atoms with van der Waals surface area (Å²) >= 11 is 0. The minimum atomic E-state index is -0.763. The van der Waals surface area contributed by atoms with Crippen LogP contribution in [0.1, 0.15) is 10.4 Å². The average molecular weight is 269 g/mol. The van der Waals surface area contributed by atoms with Crippen LogP contribution in [0.15, 0.2) is 18.2 Å². The van der Waals surface area contributed by atoms with Crippen LogP contribution in [0.5, 0.6) is 11.5 Å². The fourth-order valence-corrected chi connectivity index (χ4v) is 3.01. The van der Waals surface area contributed by atoms with Gasteiger partial charge in [-0.3, -0.25) is 13.9 Å². The van der Waals surface area contributed by atoms with Gasteiger partial charge in [-0.2, -0.15) is 0 Å². The molecule has 1 fully saturated rings. The Labute approximate surface area is 107 Å². The van der Waals surface area contributed by atoms with Gasteiger partial charge in [0.15, 0.2) is 5.78 Å². The van der Waals surface area contributed by atoms with Gasteiger partial charge in [-0.05, 0) is 12.1 Å². The molecule has 0 atom stereocenters. The lowest BCUT2D eigenvalue weighted by Gasteiger charge is -2.25. The van der Waals surface area contributed by atoms with Crippen LogP contribution in [0.4, 0.5) is 0 Å². The van der Waals surface area contributed by atoms with E-state index in [2.05, 4.69) is 0 Å². The van der Waals surface area contributed by atoms with Gasteiger partial charge in [0.1, 0.15) is 11.5 Å². The first kappa shape index (κ1) is 13.0. The van der Waals surface area contributed by atoms with Crippen LogP contribution in [0.2, 0.25) is 0 Å². The molecule has 0 bridgehead atoms. The molecule has 2 N–H and O–H groups in total. The van der Waals surface area contributed by atoms with Crippen LogP contribution in [-0.2, 0) is 10.8 Å². The molecule has 0 aliphatic carbocycles. The van der Waals surface area contributed by atoms with Crippen molar-refractivity contribution in [1.82, 2.24) is 4.90 Å². The average Bonchev–Trinajstić information content (AvgIpc) is 2.32. The number of phenolic OH excluding ortho intramolecular Hbond substituents is 2. The Kier molecular flexibility index (Phi) is 3.98. The third-order valence-corrected chi connectivity index (χ3v) is 4.20. The number of ketones is 1. The van der Waals surface area contributed by atoms with E-state index in [1.165, 1.54) is 12.1 Å². The summed E-state index contributed by atoms with van der Waals surface area (Å²) in [5, 5.41) is 18.7. The summed E-state index contributed by atoms with van der Waals surface area (Å²) in [6, 6.07) is 3.94. The van der Waals surface area contributed by atoms with Crippen molar-refractivity contribution in [3.8, 4) is 11.5 Å². The fraction of sp³-hybridized carbons (Fsp3) is 0.417. The summed E-state index contributed by atoms with van der Waals surface area (Å²) in [7, 11) is -0.763. The number of hydrogen-bond acceptors (Lipinski definition) is 5. The lowest BCUT2D eigenvalue weighted by atomic mass is 10.1. The van der Waals surface area contributed by atoms with Crippen molar-refractivity contribution >= 4 is 16.6 Å². The lowest BCUT2D eigenvalue weighted by Crippen LogP contribution is -2.40. The van der Waals surface area contributed by atoms with Crippen molar-refractivity contribution in [3.05, 3.63) is 23.8 Å². The number of nitrogens with zero attached hydrogens (tertiary/aromatic N) is 1. The molecule has 1 aliphatic rings. The predicted octanol–water partition coefficient (Wildman–Crippen LogP) is 0.345. The second kappa shape index (κ2) is 5.49. The Morgan fingerprint density at radius 1 is 1.28 bits per heavy atom. The first-order valence-electron chi connectivity index (χ1n) is 5.69. The maximum Gasteiger partial charge on any atom is 0.180 e. The quantitative estimate of drug-likeness (QED) is 0.774. The molecule has 1 aliphatic heterocycles. The van der Waals surface area contributed by atoms with E-state index in [-0.39, 0.29) is 29.4 Å². The molecule has 98 valence electrons. The second-order valence-corrected chi connectivity index (χ2v) is 5.95. The molecule has 0 spiro atoms. The molecule has 0 saturated carbocycles. The molecular formula is C12H15NO4S. The zero-order valence-electron chi connectivity index (χ0n) is 9.83. The normalized spacial score (nSPS) is 17.8. The monoisotopic (exact) mass is 269 g/mol. The molecule has 18 heavy (non-hydrogen) atoms. The number of carbonyl (C=O) groups excluding carboxylic acids is 1. The van der Waals surface area contributed by atoms with Crippen LogP contribution in [0, 0.1) is 0 Å². The molecular weight excluding hydrogens is 254 g/mol. The number of phenols is 2. The highest BCUT2D eigenvalue weighted by molar-refractivity contribution is 7.85. The molecule has 6 heteroatoms. The molecule has 0 unspecified atom stereocenters. The van der Waals surface area contributed by atoms with Crippen LogP contribution in [0.3, 0.4) is 0 Å². The molecule has 0 aromatic heterocycles. The van der Waals surface area contributed by atoms with Gasteiger partial charge in [0.05, 0.1) is 12.1 Å². The predicted molar refractivity (Wildman–Crippen MR) is 68.4 cm³/mol. The molecule has 0 amide bonds. The van der Waals surface area contributed by atoms with E-state index in [1.54, 1.807) is 0 Å². The molecule has 0 radical (unpaired) electrons. The number of Topliss-reactive ketones (excluding diaryl/α,β-unsaturated/α-hetero) is 1. The van der Waals surface area contributed by atoms with Gasteiger partial charge in [0, 0.05) is 41.5 Å². The van der Waals surface area contributed by atoms with E-state index < -0.39 is 10.8 Å². The number of benzene rings is 1. The first-order valence-corrected chi connectivity index (χ1v) is 7.17. The van der Waals surface area contributed by atoms with Crippen LogP contribution < -0.4 is 0 Å². The summed E-state index contributed by atoms with van der Waals surface area (Å²) in [5.41, 5.74) is 0.208. The minimum absolute atomic E-state index is 0.0718.